The molecule has 0 radical (unpaired) electrons. The molecule has 2 atom stereocenters. The topological polar surface area (TPSA) is 118 Å². The van der Waals surface area contributed by atoms with Gasteiger partial charge in [-0.25, -0.2) is 4.79 Å². The summed E-state index contributed by atoms with van der Waals surface area (Å²) in [5, 5.41) is 20.3. The van der Waals surface area contributed by atoms with Gasteiger partial charge < -0.3 is 25.5 Å². The van der Waals surface area contributed by atoms with Gasteiger partial charge in [-0.2, -0.15) is 0 Å². The molecule has 1 aromatic carbocycles. The van der Waals surface area contributed by atoms with Crippen molar-refractivity contribution in [2.75, 3.05) is 6.54 Å². The van der Waals surface area contributed by atoms with E-state index in [-0.39, 0.29) is 13.0 Å². The number of piperidine rings is 1. The van der Waals surface area contributed by atoms with Crippen LogP contribution in [0.1, 0.15) is 39.2 Å². The lowest BCUT2D eigenvalue weighted by atomic mass is 10.0. The predicted molar refractivity (Wildman–Crippen MR) is 90.0 cm³/mol. The van der Waals surface area contributed by atoms with Crippen LogP contribution >= 0.6 is 0 Å². The van der Waals surface area contributed by atoms with Crippen molar-refractivity contribution in [1.29, 1.82) is 0 Å². The lowest BCUT2D eigenvalue weighted by Gasteiger charge is -2.38. The van der Waals surface area contributed by atoms with Gasteiger partial charge in [-0.05, 0) is 33.6 Å². The number of aliphatic hydroxyl groups is 1. The molecule has 1 aliphatic rings. The third kappa shape index (κ3) is 7.53. The second-order valence-electron chi connectivity index (χ2n) is 6.92. The fraction of sp³-hybridized carbons (Fsp3) is 0.556. The van der Waals surface area contributed by atoms with Crippen LogP contribution in [0.5, 0.6) is 0 Å². The number of hydrogen-bond donors (Lipinski definition) is 2. The third-order valence-corrected chi connectivity index (χ3v) is 3.61. The number of carboxylic acids is 1. The molecule has 7 nitrogen and oxygen atoms in total. The van der Waals surface area contributed by atoms with Gasteiger partial charge in [-0.1, -0.05) is 30.3 Å². The maximum Gasteiger partial charge on any atom is 0.410 e. The maximum absolute atomic E-state index is 11.8. The first-order valence-corrected chi connectivity index (χ1v) is 8.35. The summed E-state index contributed by atoms with van der Waals surface area (Å²) in [5.74, 6) is -1.37. The molecule has 2 rings (SSSR count). The zero-order valence-electron chi connectivity index (χ0n) is 15.1. The fourth-order valence-corrected chi connectivity index (χ4v) is 2.35. The fourth-order valence-electron chi connectivity index (χ4n) is 2.35. The minimum atomic E-state index is -1.37. The molecule has 0 unspecified atom stereocenters. The number of amides is 1. The van der Waals surface area contributed by atoms with E-state index in [0.717, 1.165) is 11.4 Å². The Morgan fingerprint density at radius 3 is 2.36 bits per heavy atom. The summed E-state index contributed by atoms with van der Waals surface area (Å²) in [4.78, 5) is 23.8. The highest BCUT2D eigenvalue weighted by Crippen LogP contribution is 2.20. The number of rotatable bonds is 2. The molecule has 7 heteroatoms. The van der Waals surface area contributed by atoms with Gasteiger partial charge in [0, 0.05) is 12.1 Å². The molecule has 140 valence electrons. The third-order valence-electron chi connectivity index (χ3n) is 3.61. The molecule has 1 saturated heterocycles. The van der Waals surface area contributed by atoms with E-state index in [4.69, 9.17) is 4.74 Å². The number of carbonyl (C=O) groups is 2. The summed E-state index contributed by atoms with van der Waals surface area (Å²) in [5.41, 5.74) is 4.38. The average Bonchev–Trinajstić information content (AvgIpc) is 2.54. The average molecular weight is 352 g/mol. The van der Waals surface area contributed by atoms with E-state index >= 15 is 0 Å². The van der Waals surface area contributed by atoms with Gasteiger partial charge in [-0.15, -0.1) is 0 Å². The number of nitrogens with zero attached hydrogens (tertiary/aromatic N) is 1. The Labute approximate surface area is 148 Å². The SMILES string of the molecule is CC(C)(C)OC(=O)N1CC[C@H](O)C[C@H]1C(=O)[O-].[NH3+]Cc1ccccc1. The Morgan fingerprint density at radius 1 is 1.32 bits per heavy atom. The van der Waals surface area contributed by atoms with Crippen LogP contribution in [0.15, 0.2) is 30.3 Å². The van der Waals surface area contributed by atoms with E-state index in [0.29, 0.717) is 6.42 Å². The lowest BCUT2D eigenvalue weighted by Crippen LogP contribution is -2.56. The molecule has 0 bridgehead atoms. The minimum absolute atomic E-state index is 0.0123. The minimum Gasteiger partial charge on any atom is -0.548 e. The Morgan fingerprint density at radius 2 is 1.92 bits per heavy atom. The zero-order chi connectivity index (χ0) is 19.0. The second kappa shape index (κ2) is 9.39. The predicted octanol–water partition coefficient (Wildman–Crippen LogP) is -0.0748. The van der Waals surface area contributed by atoms with E-state index in [9.17, 15) is 19.8 Å². The maximum atomic E-state index is 11.8. The van der Waals surface area contributed by atoms with Crippen molar-refractivity contribution in [2.24, 2.45) is 0 Å². The van der Waals surface area contributed by atoms with Gasteiger partial charge in [0.1, 0.15) is 5.60 Å². The van der Waals surface area contributed by atoms with Crippen LogP contribution in [0.4, 0.5) is 4.79 Å². The number of carboxylic acid groups (broad SMARTS) is 1. The highest BCUT2D eigenvalue weighted by atomic mass is 16.6. The van der Waals surface area contributed by atoms with Gasteiger partial charge in [0.05, 0.1) is 24.7 Å². The van der Waals surface area contributed by atoms with Crippen LogP contribution in [0, 0.1) is 0 Å². The number of quaternary nitrogens is 1. The Balaban J connectivity index is 0.000000324. The van der Waals surface area contributed by atoms with Crippen LogP contribution in [0.2, 0.25) is 0 Å². The van der Waals surface area contributed by atoms with Gasteiger partial charge in [0.2, 0.25) is 0 Å². The van der Waals surface area contributed by atoms with Gasteiger partial charge in [0.25, 0.3) is 0 Å². The molecule has 0 saturated carbocycles. The van der Waals surface area contributed by atoms with Crippen molar-refractivity contribution in [3.8, 4) is 0 Å². The normalized spacial score (nSPS) is 20.3. The summed E-state index contributed by atoms with van der Waals surface area (Å²) in [6.45, 7) is 6.17. The number of aliphatic carboxylic acids is 1. The van der Waals surface area contributed by atoms with Crippen LogP contribution < -0.4 is 10.8 Å². The van der Waals surface area contributed by atoms with Gasteiger partial charge in [0.15, 0.2) is 0 Å². The van der Waals surface area contributed by atoms with E-state index < -0.39 is 29.8 Å². The molecule has 1 amide bonds. The smallest absolute Gasteiger partial charge is 0.410 e. The first kappa shape index (κ1) is 20.9. The van der Waals surface area contributed by atoms with Crippen molar-refractivity contribution in [2.45, 2.75) is 57.9 Å². The molecule has 1 aliphatic heterocycles. The highest BCUT2D eigenvalue weighted by Gasteiger charge is 2.34. The number of carbonyl (C=O) groups excluding carboxylic acids is 2. The Kier molecular flexibility index (Phi) is 7.86. The molecule has 4 N–H and O–H groups in total. The van der Waals surface area contributed by atoms with Gasteiger partial charge >= 0.3 is 6.09 Å². The molecule has 1 fully saturated rings. The van der Waals surface area contributed by atoms with Crippen LogP contribution in [-0.4, -0.2) is 46.4 Å². The highest BCUT2D eigenvalue weighted by molar-refractivity contribution is 5.79. The van der Waals surface area contributed by atoms with Gasteiger partial charge in [-0.3, -0.25) is 4.90 Å². The van der Waals surface area contributed by atoms with Crippen LogP contribution in [0.25, 0.3) is 0 Å². The number of hydrogen-bond acceptors (Lipinski definition) is 5. The van der Waals surface area contributed by atoms with E-state index in [1.54, 1.807) is 20.8 Å². The molecular weight excluding hydrogens is 324 g/mol. The molecular formula is C18H28N2O5. The van der Waals surface area contributed by atoms with Crippen molar-refractivity contribution in [1.82, 2.24) is 4.90 Å². The molecule has 25 heavy (non-hydrogen) atoms. The quantitative estimate of drug-likeness (QED) is 0.772. The van der Waals surface area contributed by atoms with Crippen molar-refractivity contribution >= 4 is 12.1 Å². The summed E-state index contributed by atoms with van der Waals surface area (Å²) in [6, 6.07) is 9.11. The number of aliphatic hydroxyl groups excluding tert-OH is 1. The van der Waals surface area contributed by atoms with Crippen molar-refractivity contribution in [3.05, 3.63) is 35.9 Å². The number of benzene rings is 1. The van der Waals surface area contributed by atoms with E-state index in [1.165, 1.54) is 5.56 Å². The Bertz CT molecular complexity index is 556. The molecule has 0 aromatic heterocycles. The monoisotopic (exact) mass is 352 g/mol. The molecule has 0 spiro atoms. The first-order chi connectivity index (χ1) is 11.6. The van der Waals surface area contributed by atoms with E-state index in [1.807, 2.05) is 18.2 Å². The zero-order valence-corrected chi connectivity index (χ0v) is 15.1. The summed E-state index contributed by atoms with van der Waals surface area (Å²) >= 11 is 0. The summed E-state index contributed by atoms with van der Waals surface area (Å²) in [7, 11) is 0. The largest absolute Gasteiger partial charge is 0.548 e. The molecule has 1 aromatic rings. The number of ether oxygens (including phenoxy) is 1. The first-order valence-electron chi connectivity index (χ1n) is 8.35. The van der Waals surface area contributed by atoms with Crippen LogP contribution in [-0.2, 0) is 16.1 Å². The number of likely N-dealkylation sites (tertiary alicyclic amines) is 1. The van der Waals surface area contributed by atoms with Crippen LogP contribution in [0.3, 0.4) is 0 Å². The standard InChI is InChI=1S/C11H19NO5.C7H9N/c1-11(2,3)17-10(16)12-5-4-7(13)6-8(12)9(14)15;8-6-7-4-2-1-3-5-7/h7-8,13H,4-6H2,1-3H3,(H,14,15);1-5H,6,8H2/t7-,8-;/m0./s1. The summed E-state index contributed by atoms with van der Waals surface area (Å²) < 4.78 is 5.11. The summed E-state index contributed by atoms with van der Waals surface area (Å²) in [6.07, 6.45) is -1.06. The van der Waals surface area contributed by atoms with Crippen molar-refractivity contribution in [3.63, 3.8) is 0 Å². The molecule has 0 aliphatic carbocycles. The second-order valence-corrected chi connectivity index (χ2v) is 6.92. The molecule has 1 heterocycles. The Hall–Kier alpha value is -2.12. The van der Waals surface area contributed by atoms with Crippen molar-refractivity contribution < 1.29 is 30.3 Å². The van der Waals surface area contributed by atoms with E-state index in [2.05, 4.69) is 17.9 Å². The lowest BCUT2D eigenvalue weighted by molar-refractivity contribution is -0.386.